The van der Waals surface area contributed by atoms with Crippen molar-refractivity contribution >= 4 is 5.91 Å². The fraction of sp³-hybridized carbons (Fsp3) is 0.842. The van der Waals surface area contributed by atoms with Gasteiger partial charge in [-0.2, -0.15) is 0 Å². The highest BCUT2D eigenvalue weighted by Gasteiger charge is 2.29. The molecule has 0 aromatic carbocycles. The van der Waals surface area contributed by atoms with Gasteiger partial charge in [-0.3, -0.25) is 9.69 Å². The molecule has 0 bridgehead atoms. The standard InChI is InChI=1S/C19H33N3O/c1-17(19(23)22-10-6-3-7-11-22)21-14-12-20(13-15-21)16-18-8-4-2-5-9-18/h2,4,17-18H,3,5-16H2,1H3/t17-,18-/m0/s1. The van der Waals surface area contributed by atoms with Gasteiger partial charge in [-0.1, -0.05) is 12.2 Å². The van der Waals surface area contributed by atoms with E-state index in [0.29, 0.717) is 5.91 Å². The zero-order valence-corrected chi connectivity index (χ0v) is 14.8. The molecule has 0 saturated carbocycles. The summed E-state index contributed by atoms with van der Waals surface area (Å²) in [5.41, 5.74) is 0. The summed E-state index contributed by atoms with van der Waals surface area (Å²) in [5, 5.41) is 0. The molecule has 4 heteroatoms. The predicted molar refractivity (Wildman–Crippen MR) is 94.4 cm³/mol. The molecule has 0 N–H and O–H groups in total. The van der Waals surface area contributed by atoms with Gasteiger partial charge in [-0.15, -0.1) is 0 Å². The molecule has 2 fully saturated rings. The molecule has 0 spiro atoms. The van der Waals surface area contributed by atoms with Crippen LogP contribution in [0.5, 0.6) is 0 Å². The van der Waals surface area contributed by atoms with Crippen molar-refractivity contribution < 1.29 is 4.79 Å². The molecule has 0 aromatic heterocycles. The van der Waals surface area contributed by atoms with Gasteiger partial charge in [0.15, 0.2) is 0 Å². The molecule has 1 aliphatic carbocycles. The Morgan fingerprint density at radius 1 is 1.04 bits per heavy atom. The molecule has 2 saturated heterocycles. The largest absolute Gasteiger partial charge is 0.341 e. The van der Waals surface area contributed by atoms with Crippen LogP contribution in [-0.4, -0.2) is 72.5 Å². The van der Waals surface area contributed by atoms with Gasteiger partial charge in [-0.05, 0) is 51.4 Å². The second-order valence-electron chi connectivity index (χ2n) is 7.55. The molecule has 3 aliphatic rings. The van der Waals surface area contributed by atoms with E-state index in [-0.39, 0.29) is 6.04 Å². The number of allylic oxidation sites excluding steroid dienone is 2. The molecule has 1 amide bonds. The fourth-order valence-electron chi connectivity index (χ4n) is 4.26. The number of nitrogens with zero attached hydrogens (tertiary/aromatic N) is 3. The molecule has 0 unspecified atom stereocenters. The van der Waals surface area contributed by atoms with Crippen molar-refractivity contribution in [3.63, 3.8) is 0 Å². The molecule has 130 valence electrons. The van der Waals surface area contributed by atoms with Gasteiger partial charge in [-0.25, -0.2) is 0 Å². The minimum Gasteiger partial charge on any atom is -0.341 e. The lowest BCUT2D eigenvalue weighted by Crippen LogP contribution is -2.55. The highest BCUT2D eigenvalue weighted by molar-refractivity contribution is 5.81. The van der Waals surface area contributed by atoms with Crippen LogP contribution in [0.1, 0.15) is 45.4 Å². The lowest BCUT2D eigenvalue weighted by molar-refractivity contribution is -0.138. The molecule has 4 nitrogen and oxygen atoms in total. The van der Waals surface area contributed by atoms with E-state index in [1.54, 1.807) is 0 Å². The van der Waals surface area contributed by atoms with Crippen LogP contribution in [0.4, 0.5) is 0 Å². The molecule has 2 atom stereocenters. The molecular formula is C19H33N3O. The number of rotatable bonds is 4. The van der Waals surface area contributed by atoms with E-state index in [9.17, 15) is 4.79 Å². The topological polar surface area (TPSA) is 26.8 Å². The van der Waals surface area contributed by atoms with Gasteiger partial charge in [0.05, 0.1) is 6.04 Å². The third-order valence-electron chi connectivity index (χ3n) is 5.87. The maximum Gasteiger partial charge on any atom is 0.239 e. The highest BCUT2D eigenvalue weighted by Crippen LogP contribution is 2.20. The quantitative estimate of drug-likeness (QED) is 0.744. The number of hydrogen-bond acceptors (Lipinski definition) is 3. The SMILES string of the molecule is C[C@@H](C(=O)N1CCCCC1)N1CCN(C[C@H]2CC=CCC2)CC1. The van der Waals surface area contributed by atoms with Crippen LogP contribution in [-0.2, 0) is 4.79 Å². The Hall–Kier alpha value is -0.870. The summed E-state index contributed by atoms with van der Waals surface area (Å²) in [6, 6.07) is 0.0628. The average molecular weight is 319 g/mol. The second-order valence-corrected chi connectivity index (χ2v) is 7.55. The number of amides is 1. The fourth-order valence-corrected chi connectivity index (χ4v) is 4.26. The molecule has 23 heavy (non-hydrogen) atoms. The minimum atomic E-state index is 0.0628. The van der Waals surface area contributed by atoms with Gasteiger partial charge < -0.3 is 9.80 Å². The molecular weight excluding hydrogens is 286 g/mol. The van der Waals surface area contributed by atoms with Crippen LogP contribution in [0.3, 0.4) is 0 Å². The molecule has 0 radical (unpaired) electrons. The van der Waals surface area contributed by atoms with Gasteiger partial charge >= 0.3 is 0 Å². The van der Waals surface area contributed by atoms with Crippen molar-refractivity contribution in [2.24, 2.45) is 5.92 Å². The maximum atomic E-state index is 12.7. The summed E-state index contributed by atoms with van der Waals surface area (Å²) in [6.07, 6.45) is 12.2. The summed E-state index contributed by atoms with van der Waals surface area (Å²) in [4.78, 5) is 19.8. The van der Waals surface area contributed by atoms with Crippen molar-refractivity contribution in [2.75, 3.05) is 45.8 Å². The number of piperidine rings is 1. The van der Waals surface area contributed by atoms with E-state index in [1.165, 1.54) is 45.1 Å². The van der Waals surface area contributed by atoms with Crippen LogP contribution in [0, 0.1) is 5.92 Å². The first-order valence-corrected chi connectivity index (χ1v) is 9.64. The number of carbonyl (C=O) groups is 1. The summed E-state index contributed by atoms with van der Waals surface area (Å²) in [7, 11) is 0. The van der Waals surface area contributed by atoms with E-state index in [1.807, 2.05) is 0 Å². The van der Waals surface area contributed by atoms with Crippen LogP contribution in [0.2, 0.25) is 0 Å². The Balaban J connectivity index is 1.42. The van der Waals surface area contributed by atoms with Gasteiger partial charge in [0, 0.05) is 45.8 Å². The smallest absolute Gasteiger partial charge is 0.239 e. The third kappa shape index (κ3) is 4.57. The first-order valence-electron chi connectivity index (χ1n) is 9.64. The Morgan fingerprint density at radius 2 is 1.78 bits per heavy atom. The second kappa shape index (κ2) is 8.29. The summed E-state index contributed by atoms with van der Waals surface area (Å²) in [6.45, 7) is 9.63. The highest BCUT2D eigenvalue weighted by atomic mass is 16.2. The van der Waals surface area contributed by atoms with Crippen molar-refractivity contribution in [3.8, 4) is 0 Å². The van der Waals surface area contributed by atoms with Crippen LogP contribution < -0.4 is 0 Å². The van der Waals surface area contributed by atoms with E-state index in [2.05, 4.69) is 33.8 Å². The zero-order valence-electron chi connectivity index (χ0n) is 14.8. The zero-order chi connectivity index (χ0) is 16.1. The van der Waals surface area contributed by atoms with Crippen LogP contribution in [0.25, 0.3) is 0 Å². The van der Waals surface area contributed by atoms with E-state index >= 15 is 0 Å². The maximum absolute atomic E-state index is 12.7. The Kier molecular flexibility index (Phi) is 6.12. The lowest BCUT2D eigenvalue weighted by atomic mass is 9.94. The Morgan fingerprint density at radius 3 is 2.43 bits per heavy atom. The normalized spacial score (nSPS) is 28.7. The van der Waals surface area contributed by atoms with Gasteiger partial charge in [0.2, 0.25) is 5.91 Å². The van der Waals surface area contributed by atoms with Gasteiger partial charge in [0.1, 0.15) is 0 Å². The molecule has 3 rings (SSSR count). The average Bonchev–Trinajstić information content (AvgIpc) is 2.63. The summed E-state index contributed by atoms with van der Waals surface area (Å²) >= 11 is 0. The third-order valence-corrected chi connectivity index (χ3v) is 5.87. The van der Waals surface area contributed by atoms with Crippen molar-refractivity contribution in [1.29, 1.82) is 0 Å². The number of hydrogen-bond donors (Lipinski definition) is 0. The monoisotopic (exact) mass is 319 g/mol. The predicted octanol–water partition coefficient (Wildman–Crippen LogP) is 2.36. The van der Waals surface area contributed by atoms with E-state index in [4.69, 9.17) is 0 Å². The number of carbonyl (C=O) groups excluding carboxylic acids is 1. The Bertz CT molecular complexity index is 409. The van der Waals surface area contributed by atoms with Crippen molar-refractivity contribution in [3.05, 3.63) is 12.2 Å². The van der Waals surface area contributed by atoms with E-state index < -0.39 is 0 Å². The lowest BCUT2D eigenvalue weighted by Gasteiger charge is -2.40. The number of likely N-dealkylation sites (tertiary alicyclic amines) is 1. The number of piperazine rings is 1. The summed E-state index contributed by atoms with van der Waals surface area (Å²) < 4.78 is 0. The first-order chi connectivity index (χ1) is 11.2. The Labute approximate surface area is 141 Å². The van der Waals surface area contributed by atoms with Crippen LogP contribution in [0.15, 0.2) is 12.2 Å². The molecule has 2 heterocycles. The van der Waals surface area contributed by atoms with E-state index in [0.717, 1.165) is 45.2 Å². The summed E-state index contributed by atoms with van der Waals surface area (Å²) in [5.74, 6) is 1.20. The van der Waals surface area contributed by atoms with Crippen molar-refractivity contribution in [2.45, 2.75) is 51.5 Å². The molecule has 0 aromatic rings. The molecule has 2 aliphatic heterocycles. The van der Waals surface area contributed by atoms with Gasteiger partial charge in [0.25, 0.3) is 0 Å². The van der Waals surface area contributed by atoms with Crippen LogP contribution >= 0.6 is 0 Å². The first kappa shape index (κ1) is 17.0. The minimum absolute atomic E-state index is 0.0628. The van der Waals surface area contributed by atoms with Crippen molar-refractivity contribution in [1.82, 2.24) is 14.7 Å².